The van der Waals surface area contributed by atoms with E-state index in [2.05, 4.69) is 69.3 Å². The maximum Gasteiger partial charge on any atom is 0.338 e. The summed E-state index contributed by atoms with van der Waals surface area (Å²) in [5.41, 5.74) is 0.514. The normalized spacial score (nSPS) is 20.5. The number of benzene rings is 3. The van der Waals surface area contributed by atoms with E-state index in [0.29, 0.717) is 18.6 Å². The largest absolute Gasteiger partial charge is 0.456 e. The molecule has 1 aliphatic rings. The van der Waals surface area contributed by atoms with Gasteiger partial charge in [0.2, 0.25) is 0 Å². The van der Waals surface area contributed by atoms with Crippen molar-refractivity contribution in [3.8, 4) is 0 Å². The monoisotopic (exact) mass is 490 g/mol. The summed E-state index contributed by atoms with van der Waals surface area (Å²) in [7, 11) is -1.14. The second-order valence-corrected chi connectivity index (χ2v) is 14.2. The molecule has 0 saturated carbocycles. The van der Waals surface area contributed by atoms with Crippen molar-refractivity contribution in [2.75, 3.05) is 13.7 Å². The molecule has 1 saturated heterocycles. The summed E-state index contributed by atoms with van der Waals surface area (Å²) >= 11 is 0. The van der Waals surface area contributed by atoms with Gasteiger partial charge in [-0.2, -0.15) is 0 Å². The van der Waals surface area contributed by atoms with Gasteiger partial charge >= 0.3 is 5.97 Å². The van der Waals surface area contributed by atoms with Crippen molar-refractivity contribution in [1.29, 1.82) is 0 Å². The van der Waals surface area contributed by atoms with Crippen molar-refractivity contribution in [3.63, 3.8) is 0 Å². The van der Waals surface area contributed by atoms with Crippen molar-refractivity contribution in [2.45, 2.75) is 50.7 Å². The van der Waals surface area contributed by atoms with E-state index in [1.54, 1.807) is 19.2 Å². The third-order valence-corrected chi connectivity index (χ3v) is 11.6. The maximum atomic E-state index is 12.8. The van der Waals surface area contributed by atoms with Gasteiger partial charge in [0.1, 0.15) is 12.2 Å². The van der Waals surface area contributed by atoms with Crippen LogP contribution in [0.2, 0.25) is 5.04 Å². The molecule has 6 heteroatoms. The van der Waals surface area contributed by atoms with Crippen LogP contribution in [0.5, 0.6) is 0 Å². The van der Waals surface area contributed by atoms with E-state index in [-0.39, 0.29) is 11.0 Å². The minimum Gasteiger partial charge on any atom is -0.456 e. The van der Waals surface area contributed by atoms with Crippen molar-refractivity contribution in [2.24, 2.45) is 0 Å². The fourth-order valence-electron chi connectivity index (χ4n) is 4.85. The Kier molecular flexibility index (Phi) is 7.87. The molecule has 0 radical (unpaired) electrons. The average Bonchev–Trinajstić information content (AvgIpc) is 3.27. The Labute approximate surface area is 209 Å². The molecule has 2 unspecified atom stereocenters. The molecule has 3 aromatic rings. The van der Waals surface area contributed by atoms with Gasteiger partial charge in [-0.1, -0.05) is 99.6 Å². The van der Waals surface area contributed by atoms with Crippen molar-refractivity contribution < 1.29 is 23.4 Å². The number of methoxy groups -OCH3 is 1. The van der Waals surface area contributed by atoms with E-state index in [1.165, 1.54) is 10.4 Å². The number of rotatable bonds is 8. The molecule has 0 bridgehead atoms. The van der Waals surface area contributed by atoms with Gasteiger partial charge in [0.05, 0.1) is 12.2 Å². The summed E-state index contributed by atoms with van der Waals surface area (Å²) < 4.78 is 24.5. The molecular formula is C29H34O5Si. The van der Waals surface area contributed by atoms with Crippen molar-refractivity contribution >= 4 is 24.7 Å². The molecule has 1 fully saturated rings. The molecule has 3 atom stereocenters. The summed E-state index contributed by atoms with van der Waals surface area (Å²) in [5.74, 6) is -0.369. The Bertz CT molecular complexity index is 1040. The second-order valence-electron chi connectivity index (χ2n) is 9.86. The number of ether oxygens (including phenoxy) is 3. The van der Waals surface area contributed by atoms with Gasteiger partial charge < -0.3 is 18.6 Å². The van der Waals surface area contributed by atoms with E-state index < -0.39 is 26.8 Å². The first-order valence-corrected chi connectivity index (χ1v) is 14.0. The number of carbonyl (C=O) groups excluding carboxylic acids is 1. The fraction of sp³-hybridized carbons (Fsp3) is 0.345. The molecule has 184 valence electrons. The van der Waals surface area contributed by atoms with E-state index in [0.717, 1.165) is 0 Å². The lowest BCUT2D eigenvalue weighted by Crippen LogP contribution is -2.67. The molecule has 0 spiro atoms. The highest BCUT2D eigenvalue weighted by atomic mass is 28.4. The van der Waals surface area contributed by atoms with E-state index >= 15 is 0 Å². The summed E-state index contributed by atoms with van der Waals surface area (Å²) in [6.07, 6.45) is -0.888. The van der Waals surface area contributed by atoms with Crippen LogP contribution in [-0.2, 0) is 18.6 Å². The highest BCUT2D eigenvalue weighted by Gasteiger charge is 2.51. The highest BCUT2D eigenvalue weighted by Crippen LogP contribution is 2.37. The Hall–Kier alpha value is -2.77. The summed E-state index contributed by atoms with van der Waals surface area (Å²) in [5, 5.41) is 2.22. The zero-order chi connectivity index (χ0) is 24.9. The topological polar surface area (TPSA) is 54.0 Å². The van der Waals surface area contributed by atoms with E-state index in [4.69, 9.17) is 18.6 Å². The molecule has 0 amide bonds. The second kappa shape index (κ2) is 10.9. The van der Waals surface area contributed by atoms with Gasteiger partial charge in [0, 0.05) is 13.5 Å². The van der Waals surface area contributed by atoms with Gasteiger partial charge in [-0.15, -0.1) is 0 Å². The predicted molar refractivity (Wildman–Crippen MR) is 140 cm³/mol. The molecular weight excluding hydrogens is 456 g/mol. The van der Waals surface area contributed by atoms with Gasteiger partial charge in [-0.05, 0) is 27.5 Å². The van der Waals surface area contributed by atoms with Gasteiger partial charge in [-0.25, -0.2) is 4.79 Å². The Morgan fingerprint density at radius 2 is 1.40 bits per heavy atom. The quantitative estimate of drug-likeness (QED) is 0.343. The van der Waals surface area contributed by atoms with E-state index in [9.17, 15) is 4.79 Å². The first-order chi connectivity index (χ1) is 16.8. The van der Waals surface area contributed by atoms with Crippen LogP contribution in [0.3, 0.4) is 0 Å². The summed E-state index contributed by atoms with van der Waals surface area (Å²) in [6.45, 7) is 7.00. The number of esters is 1. The first kappa shape index (κ1) is 25.3. The third kappa shape index (κ3) is 5.41. The molecule has 4 rings (SSSR count). The average molecular weight is 491 g/mol. The number of carbonyl (C=O) groups is 1. The van der Waals surface area contributed by atoms with Crippen molar-refractivity contribution in [3.05, 3.63) is 96.6 Å². The molecule has 5 nitrogen and oxygen atoms in total. The van der Waals surface area contributed by atoms with Crippen LogP contribution in [0, 0.1) is 0 Å². The smallest absolute Gasteiger partial charge is 0.338 e. The standard InChI is InChI=1S/C29H34O5Si/c1-29(2,3)35(23-16-10-6-11-17-23,24-18-12-7-13-19-24)32-21-26-25(20-27(31-4)33-26)34-28(30)22-14-8-5-9-15-22/h5-19,25-27H,20-21H2,1-4H3/t25?,26-,27?/m1/s1. The van der Waals surface area contributed by atoms with Crippen LogP contribution in [0.4, 0.5) is 0 Å². The predicted octanol–water partition coefficient (Wildman–Crippen LogP) is 4.55. The molecule has 1 aliphatic heterocycles. The Morgan fingerprint density at radius 1 is 0.886 bits per heavy atom. The summed E-state index contributed by atoms with van der Waals surface area (Å²) in [4.78, 5) is 12.8. The lowest BCUT2D eigenvalue weighted by Gasteiger charge is -2.43. The lowest BCUT2D eigenvalue weighted by molar-refractivity contribution is -0.126. The Balaban J connectivity index is 1.63. The lowest BCUT2D eigenvalue weighted by atomic mass is 10.2. The van der Waals surface area contributed by atoms with Crippen LogP contribution < -0.4 is 10.4 Å². The van der Waals surface area contributed by atoms with Gasteiger partial charge in [-0.3, -0.25) is 0 Å². The SMILES string of the molecule is COC1CC(OC(=O)c2ccccc2)[C@@H](CO[Si](c2ccccc2)(c2ccccc2)C(C)(C)C)O1. The minimum absolute atomic E-state index is 0.162. The molecule has 1 heterocycles. The van der Waals surface area contributed by atoms with Crippen molar-refractivity contribution in [1.82, 2.24) is 0 Å². The number of hydrogen-bond acceptors (Lipinski definition) is 5. The number of hydrogen-bond donors (Lipinski definition) is 0. The van der Waals surface area contributed by atoms with Crippen LogP contribution in [0.1, 0.15) is 37.6 Å². The van der Waals surface area contributed by atoms with Crippen LogP contribution in [0.15, 0.2) is 91.0 Å². The fourth-order valence-corrected chi connectivity index (χ4v) is 9.42. The zero-order valence-electron chi connectivity index (χ0n) is 20.8. The molecule has 0 N–H and O–H groups in total. The van der Waals surface area contributed by atoms with Gasteiger partial charge in [0.25, 0.3) is 8.32 Å². The van der Waals surface area contributed by atoms with E-state index in [1.807, 2.05) is 30.3 Å². The third-order valence-electron chi connectivity index (χ3n) is 6.58. The molecule has 0 aromatic heterocycles. The summed E-state index contributed by atoms with van der Waals surface area (Å²) in [6, 6.07) is 29.9. The van der Waals surface area contributed by atoms with Crippen LogP contribution >= 0.6 is 0 Å². The minimum atomic E-state index is -2.74. The Morgan fingerprint density at radius 3 is 1.89 bits per heavy atom. The molecule has 3 aromatic carbocycles. The van der Waals surface area contributed by atoms with Crippen LogP contribution in [0.25, 0.3) is 0 Å². The molecule has 0 aliphatic carbocycles. The van der Waals surface area contributed by atoms with Crippen LogP contribution in [-0.4, -0.2) is 46.5 Å². The zero-order valence-corrected chi connectivity index (χ0v) is 21.8. The molecule has 35 heavy (non-hydrogen) atoms. The maximum absolute atomic E-state index is 12.8. The van der Waals surface area contributed by atoms with Gasteiger partial charge in [0.15, 0.2) is 6.29 Å². The first-order valence-electron chi connectivity index (χ1n) is 12.0. The highest BCUT2D eigenvalue weighted by molar-refractivity contribution is 6.99.